The van der Waals surface area contributed by atoms with Crippen molar-refractivity contribution in [3.8, 4) is 17.1 Å². The van der Waals surface area contributed by atoms with E-state index >= 15 is 0 Å². The van der Waals surface area contributed by atoms with Crippen LogP contribution in [-0.2, 0) is 0 Å². The van der Waals surface area contributed by atoms with Gasteiger partial charge in [-0.1, -0.05) is 5.16 Å². The maximum Gasteiger partial charge on any atom is 0.244 e. The van der Waals surface area contributed by atoms with Crippen molar-refractivity contribution < 1.29 is 9.26 Å². The molecule has 2 unspecified atom stereocenters. The molecule has 2 aliphatic rings. The van der Waals surface area contributed by atoms with Crippen LogP contribution in [0.1, 0.15) is 31.7 Å². The molecule has 6 heteroatoms. The minimum Gasteiger partial charge on any atom is -0.497 e. The fraction of sp³-hybridized carbons (Fsp3) is 0.556. The maximum atomic E-state index is 5.55. The van der Waals surface area contributed by atoms with Gasteiger partial charge < -0.3 is 14.6 Å². The van der Waals surface area contributed by atoms with Crippen LogP contribution in [0.3, 0.4) is 0 Å². The van der Waals surface area contributed by atoms with Crippen LogP contribution in [0.25, 0.3) is 11.4 Å². The van der Waals surface area contributed by atoms with Crippen molar-refractivity contribution in [1.29, 1.82) is 0 Å². The Balaban J connectivity index is 1.47. The second-order valence-electron chi connectivity index (χ2n) is 7.01. The smallest absolute Gasteiger partial charge is 0.244 e. The number of hydrogen-bond acceptors (Lipinski definition) is 6. The van der Waals surface area contributed by atoms with Gasteiger partial charge in [-0.05, 0) is 62.5 Å². The molecule has 1 aromatic heterocycles. The van der Waals surface area contributed by atoms with E-state index in [1.807, 2.05) is 24.3 Å². The van der Waals surface area contributed by atoms with Gasteiger partial charge in [0.2, 0.25) is 11.7 Å². The van der Waals surface area contributed by atoms with E-state index in [-0.39, 0.29) is 6.04 Å². The molecule has 3 heterocycles. The SMILES string of the molecule is COc1ccc(-c2noc(C(C)N3CCC4(CCNC4)C3)n2)cc1. The molecule has 2 fully saturated rings. The van der Waals surface area contributed by atoms with Gasteiger partial charge in [0.15, 0.2) is 0 Å². The molecule has 24 heavy (non-hydrogen) atoms. The van der Waals surface area contributed by atoms with E-state index in [2.05, 4.69) is 27.3 Å². The van der Waals surface area contributed by atoms with Crippen LogP contribution in [0.2, 0.25) is 0 Å². The van der Waals surface area contributed by atoms with Crippen LogP contribution < -0.4 is 10.1 Å². The Morgan fingerprint density at radius 2 is 2.12 bits per heavy atom. The molecular formula is C18H24N4O2. The molecule has 2 aliphatic heterocycles. The van der Waals surface area contributed by atoms with Crippen molar-refractivity contribution in [3.63, 3.8) is 0 Å². The Labute approximate surface area is 142 Å². The van der Waals surface area contributed by atoms with E-state index in [0.717, 1.165) is 37.5 Å². The second kappa shape index (κ2) is 6.18. The molecule has 0 radical (unpaired) electrons. The standard InChI is InChI=1S/C18H24N4O2/c1-13(22-10-8-18(12-22)7-9-19-11-18)17-20-16(21-24-17)14-3-5-15(23-2)6-4-14/h3-6,13,19H,7-12H2,1-2H3. The van der Waals surface area contributed by atoms with E-state index < -0.39 is 0 Å². The molecule has 2 saturated heterocycles. The number of nitrogens with zero attached hydrogens (tertiary/aromatic N) is 3. The van der Waals surface area contributed by atoms with Crippen molar-refractivity contribution in [3.05, 3.63) is 30.2 Å². The van der Waals surface area contributed by atoms with Crippen LogP contribution in [0.5, 0.6) is 5.75 Å². The summed E-state index contributed by atoms with van der Waals surface area (Å²) in [6.45, 7) is 6.65. The first-order chi connectivity index (χ1) is 11.7. The summed E-state index contributed by atoms with van der Waals surface area (Å²) in [5, 5.41) is 7.66. The van der Waals surface area contributed by atoms with Gasteiger partial charge in [0.25, 0.3) is 0 Å². The zero-order valence-corrected chi connectivity index (χ0v) is 14.3. The highest BCUT2D eigenvalue weighted by Gasteiger charge is 2.42. The van der Waals surface area contributed by atoms with Gasteiger partial charge in [0, 0.05) is 18.7 Å². The monoisotopic (exact) mass is 328 g/mol. The third kappa shape index (κ3) is 2.80. The molecule has 0 amide bonds. The zero-order valence-electron chi connectivity index (χ0n) is 14.3. The lowest BCUT2D eigenvalue weighted by molar-refractivity contribution is 0.186. The lowest BCUT2D eigenvalue weighted by Gasteiger charge is -2.25. The largest absolute Gasteiger partial charge is 0.497 e. The lowest BCUT2D eigenvalue weighted by atomic mass is 9.86. The highest BCUT2D eigenvalue weighted by molar-refractivity contribution is 5.55. The zero-order chi connectivity index (χ0) is 16.6. The van der Waals surface area contributed by atoms with Crippen molar-refractivity contribution in [1.82, 2.24) is 20.4 Å². The maximum absolute atomic E-state index is 5.55. The van der Waals surface area contributed by atoms with Crippen molar-refractivity contribution in [2.24, 2.45) is 5.41 Å². The van der Waals surface area contributed by atoms with Gasteiger partial charge in [0.05, 0.1) is 13.2 Å². The normalized spacial score (nSPS) is 25.4. The van der Waals surface area contributed by atoms with Crippen LogP contribution in [0.4, 0.5) is 0 Å². The number of benzene rings is 1. The Morgan fingerprint density at radius 3 is 2.83 bits per heavy atom. The van der Waals surface area contributed by atoms with E-state index in [1.54, 1.807) is 7.11 Å². The molecule has 128 valence electrons. The molecule has 0 bridgehead atoms. The van der Waals surface area contributed by atoms with Crippen LogP contribution >= 0.6 is 0 Å². The van der Waals surface area contributed by atoms with Gasteiger partial charge in [0.1, 0.15) is 5.75 Å². The van der Waals surface area contributed by atoms with Crippen molar-refractivity contribution >= 4 is 0 Å². The predicted molar refractivity (Wildman–Crippen MR) is 90.8 cm³/mol. The number of rotatable bonds is 4. The summed E-state index contributed by atoms with van der Waals surface area (Å²) < 4.78 is 10.7. The van der Waals surface area contributed by atoms with E-state index in [4.69, 9.17) is 9.26 Å². The number of nitrogens with one attached hydrogen (secondary N) is 1. The minimum atomic E-state index is 0.157. The number of hydrogen-bond donors (Lipinski definition) is 1. The van der Waals surface area contributed by atoms with E-state index in [1.165, 1.54) is 12.8 Å². The fourth-order valence-corrected chi connectivity index (χ4v) is 3.86. The number of ether oxygens (including phenoxy) is 1. The molecule has 2 aromatic rings. The number of methoxy groups -OCH3 is 1. The molecular weight excluding hydrogens is 304 g/mol. The van der Waals surface area contributed by atoms with Gasteiger partial charge in [-0.3, -0.25) is 4.90 Å². The Kier molecular flexibility index (Phi) is 4.02. The third-order valence-electron chi connectivity index (χ3n) is 5.50. The van der Waals surface area contributed by atoms with Gasteiger partial charge in [-0.15, -0.1) is 0 Å². The van der Waals surface area contributed by atoms with Gasteiger partial charge >= 0.3 is 0 Å². The highest BCUT2D eigenvalue weighted by atomic mass is 16.5. The summed E-state index contributed by atoms with van der Waals surface area (Å²) in [5.74, 6) is 2.16. The Bertz CT molecular complexity index is 691. The molecule has 1 spiro atoms. The van der Waals surface area contributed by atoms with Crippen LogP contribution in [0, 0.1) is 5.41 Å². The van der Waals surface area contributed by atoms with Crippen molar-refractivity contribution in [2.45, 2.75) is 25.8 Å². The molecule has 0 saturated carbocycles. The van der Waals surface area contributed by atoms with Gasteiger partial charge in [-0.25, -0.2) is 0 Å². The molecule has 4 rings (SSSR count). The predicted octanol–water partition coefficient (Wildman–Crippen LogP) is 2.49. The number of aromatic nitrogens is 2. The van der Waals surface area contributed by atoms with Crippen LogP contribution in [0.15, 0.2) is 28.8 Å². The summed E-state index contributed by atoms with van der Waals surface area (Å²) >= 11 is 0. The summed E-state index contributed by atoms with van der Waals surface area (Å²) in [4.78, 5) is 7.09. The first-order valence-electron chi connectivity index (χ1n) is 8.62. The molecule has 0 aliphatic carbocycles. The average molecular weight is 328 g/mol. The van der Waals surface area contributed by atoms with Crippen LogP contribution in [-0.4, -0.2) is 48.3 Å². The topological polar surface area (TPSA) is 63.4 Å². The summed E-state index contributed by atoms with van der Waals surface area (Å²) in [6.07, 6.45) is 2.53. The Hall–Kier alpha value is -1.92. The molecule has 1 aromatic carbocycles. The lowest BCUT2D eigenvalue weighted by Crippen LogP contribution is -2.30. The van der Waals surface area contributed by atoms with Crippen molar-refractivity contribution in [2.75, 3.05) is 33.3 Å². The van der Waals surface area contributed by atoms with E-state index in [9.17, 15) is 0 Å². The third-order valence-corrected chi connectivity index (χ3v) is 5.50. The Morgan fingerprint density at radius 1 is 1.29 bits per heavy atom. The first kappa shape index (κ1) is 15.6. The van der Waals surface area contributed by atoms with E-state index in [0.29, 0.717) is 17.1 Å². The molecule has 1 N–H and O–H groups in total. The second-order valence-corrected chi connectivity index (χ2v) is 7.01. The minimum absolute atomic E-state index is 0.157. The summed E-state index contributed by atoms with van der Waals surface area (Å²) in [7, 11) is 1.66. The number of likely N-dealkylation sites (tertiary alicyclic amines) is 1. The highest BCUT2D eigenvalue weighted by Crippen LogP contribution is 2.39. The fourth-order valence-electron chi connectivity index (χ4n) is 3.86. The van der Waals surface area contributed by atoms with Gasteiger partial charge in [-0.2, -0.15) is 4.98 Å². The summed E-state index contributed by atoms with van der Waals surface area (Å²) in [6, 6.07) is 7.88. The summed E-state index contributed by atoms with van der Waals surface area (Å²) in [5.41, 5.74) is 1.39. The molecule has 2 atom stereocenters. The molecule has 6 nitrogen and oxygen atoms in total. The quantitative estimate of drug-likeness (QED) is 0.930. The first-order valence-corrected chi connectivity index (χ1v) is 8.62. The average Bonchev–Trinajstić information content (AvgIpc) is 3.36.